The summed E-state index contributed by atoms with van der Waals surface area (Å²) in [5.41, 5.74) is 3.32. The van der Waals surface area contributed by atoms with E-state index in [-0.39, 0.29) is 0 Å². The first-order chi connectivity index (χ1) is 12.3. The minimum Gasteiger partial charge on any atom is -0.384 e. The lowest BCUT2D eigenvalue weighted by Crippen LogP contribution is -2.26. The lowest BCUT2D eigenvalue weighted by molar-refractivity contribution is 0.262. The number of halogens is 1. The van der Waals surface area contributed by atoms with Gasteiger partial charge in [-0.15, -0.1) is 0 Å². The fourth-order valence-corrected chi connectivity index (χ4v) is 3.26. The molecular weight excluding hydrogens is 332 g/mol. The van der Waals surface area contributed by atoms with Crippen molar-refractivity contribution in [2.75, 3.05) is 25.0 Å². The van der Waals surface area contributed by atoms with Crippen molar-refractivity contribution in [2.45, 2.75) is 26.3 Å². The summed E-state index contributed by atoms with van der Waals surface area (Å²) in [6, 6.07) is 12.1. The van der Waals surface area contributed by atoms with Crippen molar-refractivity contribution in [3.8, 4) is 0 Å². The van der Waals surface area contributed by atoms with Crippen LogP contribution in [0.1, 0.15) is 25.5 Å². The lowest BCUT2D eigenvalue weighted by atomic mass is 10.2. The summed E-state index contributed by atoms with van der Waals surface area (Å²) < 4.78 is 0. The Kier molecular flexibility index (Phi) is 6.31. The molecule has 0 amide bonds. The first kappa shape index (κ1) is 17.8. The van der Waals surface area contributed by atoms with E-state index in [2.05, 4.69) is 39.2 Å². The van der Waals surface area contributed by atoms with Crippen molar-refractivity contribution in [3.63, 3.8) is 0 Å². The van der Waals surface area contributed by atoms with E-state index in [4.69, 9.17) is 11.6 Å². The molecule has 0 spiro atoms. The van der Waals surface area contributed by atoms with Crippen molar-refractivity contribution in [3.05, 3.63) is 59.5 Å². The van der Waals surface area contributed by atoms with Gasteiger partial charge in [0.25, 0.3) is 0 Å². The number of fused-ring (bicyclic) bond motifs is 1. The smallest absolute Gasteiger partial charge is 0.0737 e. The average Bonchev–Trinajstić information content (AvgIpc) is 3.11. The molecule has 132 valence electrons. The molecule has 1 aromatic carbocycles. The SMILES string of the molecule is CCCN(CCCNc1ccnc2cc(Cl)ccc12)Cc1ccc[nH]1. The van der Waals surface area contributed by atoms with Crippen molar-refractivity contribution in [1.82, 2.24) is 14.9 Å². The van der Waals surface area contributed by atoms with Crippen LogP contribution in [0.5, 0.6) is 0 Å². The Morgan fingerprint density at radius 3 is 2.92 bits per heavy atom. The molecule has 0 radical (unpaired) electrons. The molecule has 0 atom stereocenters. The molecule has 0 saturated carbocycles. The first-order valence-corrected chi connectivity index (χ1v) is 9.27. The van der Waals surface area contributed by atoms with Crippen molar-refractivity contribution < 1.29 is 0 Å². The van der Waals surface area contributed by atoms with Crippen LogP contribution >= 0.6 is 11.6 Å². The minimum atomic E-state index is 0.719. The van der Waals surface area contributed by atoms with Gasteiger partial charge in [-0.05, 0) is 55.8 Å². The Hall–Kier alpha value is -2.04. The molecule has 0 saturated heterocycles. The molecule has 25 heavy (non-hydrogen) atoms. The summed E-state index contributed by atoms with van der Waals surface area (Å²) in [7, 11) is 0. The van der Waals surface area contributed by atoms with Gasteiger partial charge in [0.05, 0.1) is 5.52 Å². The summed E-state index contributed by atoms with van der Waals surface area (Å²) in [5.74, 6) is 0. The van der Waals surface area contributed by atoms with Crippen LogP contribution in [0.4, 0.5) is 5.69 Å². The Morgan fingerprint density at radius 1 is 1.20 bits per heavy atom. The minimum absolute atomic E-state index is 0.719. The summed E-state index contributed by atoms with van der Waals surface area (Å²) in [6.07, 6.45) is 6.08. The van der Waals surface area contributed by atoms with E-state index in [1.165, 1.54) is 12.1 Å². The van der Waals surface area contributed by atoms with Crippen LogP contribution in [0, 0.1) is 0 Å². The van der Waals surface area contributed by atoms with E-state index in [0.717, 1.165) is 54.2 Å². The second-order valence-corrected chi connectivity index (χ2v) is 6.71. The number of pyridine rings is 1. The van der Waals surface area contributed by atoms with Gasteiger partial charge in [0.1, 0.15) is 0 Å². The predicted molar refractivity (Wildman–Crippen MR) is 106 cm³/mol. The number of nitrogens with one attached hydrogen (secondary N) is 2. The Labute approximate surface area is 154 Å². The number of anilines is 1. The molecule has 0 aliphatic rings. The third-order valence-corrected chi connectivity index (χ3v) is 4.50. The Morgan fingerprint density at radius 2 is 2.12 bits per heavy atom. The Bertz CT molecular complexity index is 786. The van der Waals surface area contributed by atoms with Gasteiger partial charge in [0, 0.05) is 53.8 Å². The molecular formula is C20H25ClN4. The highest BCUT2D eigenvalue weighted by molar-refractivity contribution is 6.31. The van der Waals surface area contributed by atoms with Gasteiger partial charge in [0.15, 0.2) is 0 Å². The second kappa shape index (κ2) is 8.88. The summed E-state index contributed by atoms with van der Waals surface area (Å²) >= 11 is 6.05. The molecule has 2 aromatic heterocycles. The number of hydrogen-bond acceptors (Lipinski definition) is 3. The highest BCUT2D eigenvalue weighted by Crippen LogP contribution is 2.24. The van der Waals surface area contributed by atoms with Gasteiger partial charge in [-0.3, -0.25) is 9.88 Å². The van der Waals surface area contributed by atoms with E-state index < -0.39 is 0 Å². The molecule has 3 rings (SSSR count). The fourth-order valence-electron chi connectivity index (χ4n) is 3.09. The third kappa shape index (κ3) is 4.97. The van der Waals surface area contributed by atoms with Gasteiger partial charge < -0.3 is 10.3 Å². The zero-order chi connectivity index (χ0) is 17.5. The van der Waals surface area contributed by atoms with Gasteiger partial charge >= 0.3 is 0 Å². The van der Waals surface area contributed by atoms with E-state index in [1.54, 1.807) is 0 Å². The molecule has 0 aliphatic heterocycles. The number of benzene rings is 1. The average molecular weight is 357 g/mol. The van der Waals surface area contributed by atoms with Gasteiger partial charge in [-0.25, -0.2) is 0 Å². The molecule has 0 unspecified atom stereocenters. The number of nitrogens with zero attached hydrogens (tertiary/aromatic N) is 2. The maximum Gasteiger partial charge on any atom is 0.0737 e. The van der Waals surface area contributed by atoms with Gasteiger partial charge in [0.2, 0.25) is 0 Å². The third-order valence-electron chi connectivity index (χ3n) is 4.27. The standard InChI is InChI=1S/C20H25ClN4/c1-2-12-25(15-17-5-3-9-22-17)13-4-10-23-19-8-11-24-20-14-16(21)6-7-18(19)20/h3,5-9,11,14,22H,2,4,10,12-13,15H2,1H3,(H,23,24). The number of aromatic nitrogens is 2. The van der Waals surface area contributed by atoms with E-state index in [9.17, 15) is 0 Å². The van der Waals surface area contributed by atoms with Crippen LogP contribution in [0.2, 0.25) is 5.02 Å². The number of rotatable bonds is 9. The van der Waals surface area contributed by atoms with Gasteiger partial charge in [-0.1, -0.05) is 18.5 Å². The fraction of sp³-hybridized carbons (Fsp3) is 0.350. The normalized spacial score (nSPS) is 11.3. The maximum absolute atomic E-state index is 6.05. The quantitative estimate of drug-likeness (QED) is 0.534. The van der Waals surface area contributed by atoms with Gasteiger partial charge in [-0.2, -0.15) is 0 Å². The van der Waals surface area contributed by atoms with E-state index in [0.29, 0.717) is 0 Å². The molecule has 3 aromatic rings. The van der Waals surface area contributed by atoms with E-state index >= 15 is 0 Å². The topological polar surface area (TPSA) is 44.0 Å². The first-order valence-electron chi connectivity index (χ1n) is 8.89. The maximum atomic E-state index is 6.05. The molecule has 4 nitrogen and oxygen atoms in total. The summed E-state index contributed by atoms with van der Waals surface area (Å²) in [6.45, 7) is 6.35. The monoisotopic (exact) mass is 356 g/mol. The largest absolute Gasteiger partial charge is 0.384 e. The number of aromatic amines is 1. The zero-order valence-electron chi connectivity index (χ0n) is 14.6. The van der Waals surface area contributed by atoms with Crippen molar-refractivity contribution in [1.29, 1.82) is 0 Å². The molecule has 2 heterocycles. The Balaban J connectivity index is 1.53. The van der Waals surface area contributed by atoms with Crippen LogP contribution in [0.3, 0.4) is 0 Å². The molecule has 0 bridgehead atoms. The number of hydrogen-bond donors (Lipinski definition) is 2. The molecule has 5 heteroatoms. The van der Waals surface area contributed by atoms with Crippen LogP contribution in [0.15, 0.2) is 48.8 Å². The zero-order valence-corrected chi connectivity index (χ0v) is 15.4. The van der Waals surface area contributed by atoms with Crippen molar-refractivity contribution >= 4 is 28.2 Å². The summed E-state index contributed by atoms with van der Waals surface area (Å²) in [5, 5.41) is 5.38. The van der Waals surface area contributed by atoms with E-state index in [1.807, 2.05) is 36.7 Å². The highest BCUT2D eigenvalue weighted by atomic mass is 35.5. The predicted octanol–water partition coefficient (Wildman–Crippen LogP) is 4.93. The molecule has 0 aliphatic carbocycles. The van der Waals surface area contributed by atoms with Crippen molar-refractivity contribution in [2.24, 2.45) is 0 Å². The van der Waals surface area contributed by atoms with Crippen LogP contribution < -0.4 is 5.32 Å². The number of H-pyrrole nitrogens is 1. The lowest BCUT2D eigenvalue weighted by Gasteiger charge is -2.21. The molecule has 0 fully saturated rings. The second-order valence-electron chi connectivity index (χ2n) is 6.27. The molecule has 2 N–H and O–H groups in total. The van der Waals surface area contributed by atoms with Crippen LogP contribution in [-0.2, 0) is 6.54 Å². The summed E-state index contributed by atoms with van der Waals surface area (Å²) in [4.78, 5) is 10.2. The van der Waals surface area contributed by atoms with Crippen LogP contribution in [0.25, 0.3) is 10.9 Å². The highest BCUT2D eigenvalue weighted by Gasteiger charge is 2.06. The van der Waals surface area contributed by atoms with Crippen LogP contribution in [-0.4, -0.2) is 34.5 Å².